The number of hydrogen-bond donors (Lipinski definition) is 12. The van der Waals surface area contributed by atoms with Gasteiger partial charge in [-0.05, 0) is 54.5 Å². The Kier molecular flexibility index (Phi) is 28.0. The van der Waals surface area contributed by atoms with Gasteiger partial charge >= 0.3 is 24.1 Å². The number of amides is 7. The van der Waals surface area contributed by atoms with Gasteiger partial charge in [0.05, 0.1) is 81.2 Å². The number of aliphatic hydroxyl groups is 1. The number of cyclic esters (lactones) is 1. The summed E-state index contributed by atoms with van der Waals surface area (Å²) in [6.45, 7) is 1.21. The second-order valence-electron chi connectivity index (χ2n) is 22.9. The molecule has 35 heteroatoms. The second kappa shape index (κ2) is 36.6. The molecule has 100 heavy (non-hydrogen) atoms. The number of carbonyl (C=O) groups excluding carboxylic acids is 8. The Labute approximate surface area is 568 Å². The van der Waals surface area contributed by atoms with Crippen LogP contribution in [-0.4, -0.2) is 193 Å². The van der Waals surface area contributed by atoms with Crippen molar-refractivity contribution in [3.8, 4) is 11.4 Å². The van der Waals surface area contributed by atoms with Gasteiger partial charge in [0.2, 0.25) is 41.4 Å². The van der Waals surface area contributed by atoms with Gasteiger partial charge < -0.3 is 92.4 Å². The van der Waals surface area contributed by atoms with Crippen molar-refractivity contribution in [3.63, 3.8) is 0 Å². The number of pyridine rings is 2. The van der Waals surface area contributed by atoms with Crippen LogP contribution >= 0.6 is 0 Å². The predicted octanol–water partition coefficient (Wildman–Crippen LogP) is -0.682. The van der Waals surface area contributed by atoms with Gasteiger partial charge in [0.25, 0.3) is 5.56 Å². The van der Waals surface area contributed by atoms with E-state index in [-0.39, 0.29) is 140 Å². The normalized spacial score (nSPS) is 18.6. The molecule has 1 saturated heterocycles. The first-order valence-corrected chi connectivity index (χ1v) is 31.4. The van der Waals surface area contributed by atoms with Gasteiger partial charge in [-0.15, -0.1) is 0 Å². The Morgan fingerprint density at radius 1 is 0.760 bits per heavy atom. The number of carboxylic acid groups (broad SMARTS) is 2. The van der Waals surface area contributed by atoms with Crippen molar-refractivity contribution < 1.29 is 100 Å². The van der Waals surface area contributed by atoms with E-state index in [9.17, 15) is 71.3 Å². The lowest BCUT2D eigenvalue weighted by atomic mass is 9.86. The van der Waals surface area contributed by atoms with Gasteiger partial charge in [-0.3, -0.25) is 48.1 Å². The number of para-hydroxylation sites is 1. The first kappa shape index (κ1) is 76.5. The third kappa shape index (κ3) is 22.3. The average Bonchev–Trinajstić information content (AvgIpc) is 1.53. The molecule has 8 rings (SSSR count). The number of nitrogens with zero attached hydrogens (tertiary/aromatic N) is 4. The molecule has 2 aromatic heterocycles. The molecule has 32 nitrogen and oxygen atoms in total. The van der Waals surface area contributed by atoms with Crippen LogP contribution in [0.4, 0.5) is 13.2 Å². The molecule has 0 saturated carbocycles. The van der Waals surface area contributed by atoms with Crippen LogP contribution in [0.5, 0.6) is 0 Å². The first-order valence-electron chi connectivity index (χ1n) is 31.4. The van der Waals surface area contributed by atoms with Crippen molar-refractivity contribution in [3.05, 3.63) is 134 Å². The largest absolute Gasteiger partial charge is 0.490 e. The average molecular weight is 1400 g/mol. The highest BCUT2D eigenvalue weighted by Crippen LogP contribution is 2.40. The number of oxime groups is 1. The maximum Gasteiger partial charge on any atom is 0.490 e. The number of carboxylic acids is 2. The lowest BCUT2D eigenvalue weighted by Gasteiger charge is -2.31. The zero-order valence-electron chi connectivity index (χ0n) is 54.1. The van der Waals surface area contributed by atoms with Gasteiger partial charge in [-0.1, -0.05) is 84.9 Å². The number of benzene rings is 3. The number of alkyl halides is 3. The van der Waals surface area contributed by atoms with E-state index in [4.69, 9.17) is 50.1 Å². The Bertz CT molecular complexity index is 3910. The monoisotopic (exact) mass is 1400 g/mol. The van der Waals surface area contributed by atoms with Crippen molar-refractivity contribution >= 4 is 82.3 Å². The first-order chi connectivity index (χ1) is 47.7. The summed E-state index contributed by atoms with van der Waals surface area (Å²) in [7, 11) is 0. The van der Waals surface area contributed by atoms with Gasteiger partial charge in [-0.25, -0.2) is 14.6 Å². The highest BCUT2D eigenvalue weighted by atomic mass is 19.4. The molecule has 3 aliphatic rings. The van der Waals surface area contributed by atoms with E-state index in [1.807, 2.05) is 24.3 Å². The van der Waals surface area contributed by atoms with Crippen LogP contribution < -0.4 is 54.2 Å². The number of guanidine groups is 1. The third-order valence-corrected chi connectivity index (χ3v) is 15.6. The summed E-state index contributed by atoms with van der Waals surface area (Å²) < 4.78 is 54.9. The maximum atomic E-state index is 14.3. The molecule has 5 heterocycles. The minimum Gasteiger partial charge on any atom is -0.481 e. The molecule has 3 aromatic carbocycles. The fourth-order valence-corrected chi connectivity index (χ4v) is 10.6. The lowest BCUT2D eigenvalue weighted by molar-refractivity contribution is -0.192. The van der Waals surface area contributed by atoms with E-state index in [0.29, 0.717) is 39.2 Å². The number of hydrogen-bond acceptors (Lipinski definition) is 20. The molecule has 0 spiro atoms. The van der Waals surface area contributed by atoms with Crippen molar-refractivity contribution in [1.29, 1.82) is 0 Å². The molecule has 536 valence electrons. The fraction of sp³-hybridized carbons (Fsp3) is 0.415. The van der Waals surface area contributed by atoms with Crippen molar-refractivity contribution in [2.75, 3.05) is 65.9 Å². The lowest BCUT2D eigenvalue weighted by Crippen LogP contribution is -2.58. The molecule has 3 aliphatic heterocycles. The summed E-state index contributed by atoms with van der Waals surface area (Å²) >= 11 is 0. The summed E-state index contributed by atoms with van der Waals surface area (Å²) in [5, 5.41) is 51.2. The van der Waals surface area contributed by atoms with Gasteiger partial charge in [-0.2, -0.15) is 13.2 Å². The zero-order valence-corrected chi connectivity index (χ0v) is 54.1. The Morgan fingerprint density at radius 2 is 1.39 bits per heavy atom. The fourth-order valence-electron chi connectivity index (χ4n) is 10.6. The topological polar surface area (TPSA) is 473 Å². The summed E-state index contributed by atoms with van der Waals surface area (Å²) in [4.78, 5) is 154. The minimum atomic E-state index is -5.08. The van der Waals surface area contributed by atoms with Crippen molar-refractivity contribution in [2.45, 2.75) is 108 Å². The summed E-state index contributed by atoms with van der Waals surface area (Å²) in [5.41, 5.74) is 14.0. The number of esters is 1. The third-order valence-electron chi connectivity index (χ3n) is 15.6. The van der Waals surface area contributed by atoms with Gasteiger partial charge in [0.1, 0.15) is 44.6 Å². The number of aromatic nitrogens is 2. The number of aliphatic imine (C=N–C) groups is 1. The highest BCUT2D eigenvalue weighted by molar-refractivity contribution is 6.02. The molecule has 7 amide bonds. The Morgan fingerprint density at radius 3 is 2.06 bits per heavy atom. The van der Waals surface area contributed by atoms with E-state index >= 15 is 0 Å². The van der Waals surface area contributed by atoms with E-state index in [0.717, 1.165) is 10.9 Å². The van der Waals surface area contributed by atoms with Crippen LogP contribution in [-0.2, 0) is 110 Å². The van der Waals surface area contributed by atoms with E-state index in [2.05, 4.69) is 47.4 Å². The number of nitrogens with two attached hydrogens (primary N) is 2. The molecule has 5 atom stereocenters. The Hall–Kier alpha value is -10.9. The molecule has 5 aromatic rings. The van der Waals surface area contributed by atoms with E-state index in [1.54, 1.807) is 72.2 Å². The van der Waals surface area contributed by atoms with Crippen molar-refractivity contribution in [2.24, 2.45) is 21.6 Å². The van der Waals surface area contributed by atoms with Gasteiger partial charge in [0.15, 0.2) is 11.6 Å². The highest BCUT2D eigenvalue weighted by Gasteiger charge is 2.46. The molecule has 0 aliphatic carbocycles. The smallest absolute Gasteiger partial charge is 0.481 e. The van der Waals surface area contributed by atoms with E-state index < -0.39 is 108 Å². The van der Waals surface area contributed by atoms with Crippen LogP contribution in [0.25, 0.3) is 22.3 Å². The number of carbonyl (C=O) groups is 10. The molecule has 14 N–H and O–H groups in total. The number of nitrogens with one attached hydrogen (secondary N) is 7. The number of fused-ring (bicyclic) bond motifs is 5. The Balaban J connectivity index is 0.00000190. The van der Waals surface area contributed by atoms with Crippen LogP contribution in [0.1, 0.15) is 78.0 Å². The standard InChI is InChI=1S/C63H75N13O17.C2HF3O2/c1-2-63(88)45-28-50-56-43(33-76(50)60(86)44(45)34-92-61(63)87)42(41-11-6-7-12-46(41)74-56)31-70-93-20-19-66-53(79)35-90-23-21-89-22-24-91-36-54(80)68-30-39-16-14-38(15-17-39)26-48-59(85)71-40(25-37-9-4-3-5-10-37)27-51(77)73-49(29-55(81)82)57(83)69-32-52(78)72-47(58(84)75-48)13-8-18-67-62(64)65;3-2(4,5)1(6)7/h3-7,9-12,14-17,28,31,40,47-49,88H,2,8,13,18-27,29-30,32-36H2,1H3,(H,66,79)(H,68,80)(H,69,83)(H,71,85)(H,72,78)(H,73,77)(H,75,84)(H,81,82)(H4,64,65,67);(H,6,7)/b70-31-;/t40?,47?,48?,49?,63-;/m0./s1. The van der Waals surface area contributed by atoms with E-state index in [1.165, 1.54) is 6.21 Å². The molecule has 0 radical (unpaired) electrons. The number of aliphatic carboxylic acids is 2. The van der Waals surface area contributed by atoms with Crippen LogP contribution in [0.2, 0.25) is 0 Å². The molecule has 4 unspecified atom stereocenters. The number of ether oxygens (including phenoxy) is 4. The molecular formula is C65H76F3N13O19. The van der Waals surface area contributed by atoms with Crippen LogP contribution in [0, 0.1) is 0 Å². The van der Waals surface area contributed by atoms with Crippen molar-refractivity contribution in [1.82, 2.24) is 46.8 Å². The summed E-state index contributed by atoms with van der Waals surface area (Å²) in [6.07, 6.45) is -4.44. The summed E-state index contributed by atoms with van der Waals surface area (Å²) in [6, 6.07) is 19.8. The number of rotatable bonds is 28. The predicted molar refractivity (Wildman–Crippen MR) is 347 cm³/mol. The summed E-state index contributed by atoms with van der Waals surface area (Å²) in [5.74, 6) is -9.92. The van der Waals surface area contributed by atoms with Crippen LogP contribution in [0.3, 0.4) is 0 Å². The zero-order chi connectivity index (χ0) is 72.5. The number of halogens is 3. The maximum absolute atomic E-state index is 14.3. The minimum absolute atomic E-state index is 0.00559. The second-order valence-corrected chi connectivity index (χ2v) is 22.9. The molecule has 1 fully saturated rings. The van der Waals surface area contributed by atoms with Gasteiger partial charge in [0, 0.05) is 54.0 Å². The SMILES string of the molecule is CC[C@@]1(O)C(=O)OCc2c1cc1n(c2=O)Cc2c-1nc1ccccc1c2/C=N\OCCNC(=O)COCCOCCOCC(=O)NCc1ccc(CC2NC(=O)C(CCCN=C(N)N)NC(=O)CNC(=O)C(CC(=O)O)NC(=O)CC(Cc3ccccc3)NC2=O)cc1.O=C(O)C(F)(F)F. The molecule has 0 bridgehead atoms. The quantitative estimate of drug-likeness (QED) is 0.00952. The van der Waals surface area contributed by atoms with Crippen LogP contribution in [0.15, 0.2) is 99.9 Å². The molecular weight excluding hydrogens is 1320 g/mol.